The monoisotopic (exact) mass is 229 g/mol. The smallest absolute Gasteiger partial charge is 0.136 e. The first-order chi connectivity index (χ1) is 8.34. The maximum Gasteiger partial charge on any atom is 0.136 e. The summed E-state index contributed by atoms with van der Waals surface area (Å²) in [7, 11) is 0. The van der Waals surface area contributed by atoms with E-state index in [4.69, 9.17) is 0 Å². The fourth-order valence-electron chi connectivity index (χ4n) is 2.94. The number of hydrogen-bond donors (Lipinski definition) is 1. The van der Waals surface area contributed by atoms with Crippen molar-refractivity contribution >= 4 is 5.78 Å². The van der Waals surface area contributed by atoms with E-state index in [1.54, 1.807) is 0 Å². The van der Waals surface area contributed by atoms with Gasteiger partial charge in [0.15, 0.2) is 0 Å². The third-order valence-electron chi connectivity index (χ3n) is 4.08. The minimum Gasteiger partial charge on any atom is -0.316 e. The number of Topliss-reactive ketones (excluding diaryl/α,β-unsaturated/α-hetero) is 1. The second-order valence-corrected chi connectivity index (χ2v) is 5.39. The standard InChI is InChI=1S/C15H19NO/c17-15(8-11-6-7-16-10-11)14-9-13(14)12-4-2-1-3-5-12/h1-5,11,13-14,16H,6-10H2. The molecule has 2 aliphatic rings. The van der Waals surface area contributed by atoms with Crippen LogP contribution in [0, 0.1) is 11.8 Å². The number of hydrogen-bond acceptors (Lipinski definition) is 2. The Hall–Kier alpha value is -1.15. The van der Waals surface area contributed by atoms with Crippen molar-refractivity contribution in [2.24, 2.45) is 11.8 Å². The second kappa shape index (κ2) is 4.61. The molecule has 0 radical (unpaired) electrons. The van der Waals surface area contributed by atoms with Gasteiger partial charge >= 0.3 is 0 Å². The van der Waals surface area contributed by atoms with Crippen molar-refractivity contribution in [2.45, 2.75) is 25.2 Å². The van der Waals surface area contributed by atoms with Crippen LogP contribution in [0.25, 0.3) is 0 Å². The molecule has 0 aromatic heterocycles. The molecule has 1 heterocycles. The minimum atomic E-state index is 0.318. The minimum absolute atomic E-state index is 0.318. The van der Waals surface area contributed by atoms with E-state index in [0.717, 1.165) is 25.9 Å². The van der Waals surface area contributed by atoms with E-state index in [9.17, 15) is 4.79 Å². The number of carbonyl (C=O) groups is 1. The summed E-state index contributed by atoms with van der Waals surface area (Å²) >= 11 is 0. The van der Waals surface area contributed by atoms with Gasteiger partial charge in [0.2, 0.25) is 0 Å². The molecule has 1 aliphatic heterocycles. The van der Waals surface area contributed by atoms with Crippen LogP contribution in [-0.2, 0) is 4.79 Å². The number of carbonyl (C=O) groups excluding carboxylic acids is 1. The Bertz CT molecular complexity index is 395. The molecule has 1 saturated carbocycles. The van der Waals surface area contributed by atoms with Gasteiger partial charge < -0.3 is 5.32 Å². The first-order valence-electron chi connectivity index (χ1n) is 6.63. The fourth-order valence-corrected chi connectivity index (χ4v) is 2.94. The molecule has 90 valence electrons. The van der Waals surface area contributed by atoms with Gasteiger partial charge in [0, 0.05) is 12.3 Å². The Morgan fingerprint density at radius 3 is 2.82 bits per heavy atom. The average molecular weight is 229 g/mol. The van der Waals surface area contributed by atoms with E-state index in [1.807, 2.05) is 6.07 Å². The lowest BCUT2D eigenvalue weighted by molar-refractivity contribution is -0.121. The van der Waals surface area contributed by atoms with Crippen LogP contribution in [0.1, 0.15) is 30.7 Å². The lowest BCUT2D eigenvalue weighted by atomic mass is 9.98. The lowest BCUT2D eigenvalue weighted by Crippen LogP contribution is -2.14. The van der Waals surface area contributed by atoms with Gasteiger partial charge in [-0.2, -0.15) is 0 Å². The van der Waals surface area contributed by atoms with Crippen molar-refractivity contribution in [3.05, 3.63) is 35.9 Å². The SMILES string of the molecule is O=C(CC1CCNC1)C1CC1c1ccccc1. The molecule has 1 N–H and O–H groups in total. The molecule has 2 fully saturated rings. The molecule has 0 bridgehead atoms. The number of rotatable bonds is 4. The highest BCUT2D eigenvalue weighted by molar-refractivity contribution is 5.85. The van der Waals surface area contributed by atoms with Crippen molar-refractivity contribution in [1.82, 2.24) is 5.32 Å². The van der Waals surface area contributed by atoms with Gasteiger partial charge in [0.1, 0.15) is 5.78 Å². The maximum absolute atomic E-state index is 12.1. The highest BCUT2D eigenvalue weighted by Gasteiger charge is 2.43. The van der Waals surface area contributed by atoms with Crippen molar-refractivity contribution in [3.63, 3.8) is 0 Å². The molecule has 3 rings (SSSR count). The van der Waals surface area contributed by atoms with Gasteiger partial charge in [-0.1, -0.05) is 30.3 Å². The van der Waals surface area contributed by atoms with Gasteiger partial charge in [-0.15, -0.1) is 0 Å². The molecular weight excluding hydrogens is 210 g/mol. The lowest BCUT2D eigenvalue weighted by Gasteiger charge is -2.06. The zero-order valence-corrected chi connectivity index (χ0v) is 10.1. The van der Waals surface area contributed by atoms with Crippen molar-refractivity contribution in [3.8, 4) is 0 Å². The van der Waals surface area contributed by atoms with E-state index in [2.05, 4.69) is 29.6 Å². The molecule has 2 heteroatoms. The summed E-state index contributed by atoms with van der Waals surface area (Å²) in [6.45, 7) is 2.12. The van der Waals surface area contributed by atoms with E-state index in [0.29, 0.717) is 23.5 Å². The summed E-state index contributed by atoms with van der Waals surface area (Å²) in [6, 6.07) is 10.5. The highest BCUT2D eigenvalue weighted by Crippen LogP contribution is 2.48. The predicted molar refractivity (Wildman–Crippen MR) is 67.9 cm³/mol. The molecule has 1 aromatic rings. The summed E-state index contributed by atoms with van der Waals surface area (Å²) in [5, 5.41) is 3.33. The molecule has 1 saturated heterocycles. The van der Waals surface area contributed by atoms with Crippen molar-refractivity contribution in [2.75, 3.05) is 13.1 Å². The summed E-state index contributed by atoms with van der Waals surface area (Å²) in [6.07, 6.45) is 3.04. The van der Waals surface area contributed by atoms with Gasteiger partial charge in [0.25, 0.3) is 0 Å². The Kier molecular flexibility index (Phi) is 2.98. The Balaban J connectivity index is 1.55. The average Bonchev–Trinajstić information content (AvgIpc) is 3.02. The Labute approximate surface area is 102 Å². The van der Waals surface area contributed by atoms with Gasteiger partial charge in [-0.25, -0.2) is 0 Å². The molecule has 3 atom stereocenters. The van der Waals surface area contributed by atoms with E-state index < -0.39 is 0 Å². The topological polar surface area (TPSA) is 29.1 Å². The summed E-state index contributed by atoms with van der Waals surface area (Å²) in [5.41, 5.74) is 1.34. The number of benzene rings is 1. The molecular formula is C15H19NO. The molecule has 2 nitrogen and oxygen atoms in total. The molecule has 1 aliphatic carbocycles. The van der Waals surface area contributed by atoms with Crippen LogP contribution in [-0.4, -0.2) is 18.9 Å². The first-order valence-corrected chi connectivity index (χ1v) is 6.63. The zero-order valence-electron chi connectivity index (χ0n) is 10.1. The normalized spacial score (nSPS) is 31.4. The second-order valence-electron chi connectivity index (χ2n) is 5.39. The van der Waals surface area contributed by atoms with Gasteiger partial charge in [0.05, 0.1) is 0 Å². The van der Waals surface area contributed by atoms with Crippen LogP contribution < -0.4 is 5.32 Å². The van der Waals surface area contributed by atoms with Crippen molar-refractivity contribution < 1.29 is 4.79 Å². The third-order valence-corrected chi connectivity index (χ3v) is 4.08. The largest absolute Gasteiger partial charge is 0.316 e. The fraction of sp³-hybridized carbons (Fsp3) is 0.533. The summed E-state index contributed by atoms with van der Waals surface area (Å²) in [5.74, 6) is 1.92. The van der Waals surface area contributed by atoms with Gasteiger partial charge in [-0.3, -0.25) is 4.79 Å². The quantitative estimate of drug-likeness (QED) is 0.858. The van der Waals surface area contributed by atoms with E-state index in [1.165, 1.54) is 12.0 Å². The summed E-state index contributed by atoms with van der Waals surface area (Å²) in [4.78, 5) is 12.1. The molecule has 0 amide bonds. The van der Waals surface area contributed by atoms with Crippen LogP contribution in [0.15, 0.2) is 30.3 Å². The molecule has 0 spiro atoms. The predicted octanol–water partition coefficient (Wildman–Crippen LogP) is 2.36. The molecule has 1 aromatic carbocycles. The maximum atomic E-state index is 12.1. The Morgan fingerprint density at radius 1 is 1.29 bits per heavy atom. The molecule has 3 unspecified atom stereocenters. The van der Waals surface area contributed by atoms with Crippen molar-refractivity contribution in [1.29, 1.82) is 0 Å². The zero-order chi connectivity index (χ0) is 11.7. The number of nitrogens with one attached hydrogen (secondary N) is 1. The summed E-state index contributed by atoms with van der Waals surface area (Å²) < 4.78 is 0. The van der Waals surface area contributed by atoms with Crippen LogP contribution in [0.4, 0.5) is 0 Å². The highest BCUT2D eigenvalue weighted by atomic mass is 16.1. The first kappa shape index (κ1) is 11.0. The molecule has 17 heavy (non-hydrogen) atoms. The number of ketones is 1. The van der Waals surface area contributed by atoms with E-state index >= 15 is 0 Å². The Morgan fingerprint density at radius 2 is 2.12 bits per heavy atom. The van der Waals surface area contributed by atoms with Crippen LogP contribution in [0.3, 0.4) is 0 Å². The van der Waals surface area contributed by atoms with E-state index in [-0.39, 0.29) is 0 Å². The third kappa shape index (κ3) is 2.42. The van der Waals surface area contributed by atoms with Crippen LogP contribution in [0.2, 0.25) is 0 Å². The van der Waals surface area contributed by atoms with Crippen LogP contribution >= 0.6 is 0 Å². The van der Waals surface area contributed by atoms with Gasteiger partial charge in [-0.05, 0) is 43.3 Å². The van der Waals surface area contributed by atoms with Crippen LogP contribution in [0.5, 0.6) is 0 Å².